The third-order valence-corrected chi connectivity index (χ3v) is 6.18. The number of halogens is 1. The van der Waals surface area contributed by atoms with Gasteiger partial charge < -0.3 is 9.80 Å². The Balaban J connectivity index is 1.53. The minimum atomic E-state index is -0.0660. The molecule has 1 saturated heterocycles. The van der Waals surface area contributed by atoms with Gasteiger partial charge in [0.1, 0.15) is 5.69 Å². The van der Waals surface area contributed by atoms with Crippen molar-refractivity contribution in [2.75, 3.05) is 26.7 Å². The first-order valence-corrected chi connectivity index (χ1v) is 10.5. The Morgan fingerprint density at radius 3 is 2.96 bits per heavy atom. The zero-order valence-corrected chi connectivity index (χ0v) is 17.3. The molecule has 0 bridgehead atoms. The molecule has 1 fully saturated rings. The molecule has 0 aliphatic carbocycles. The highest BCUT2D eigenvalue weighted by molar-refractivity contribution is 7.15. The van der Waals surface area contributed by atoms with E-state index in [4.69, 9.17) is 11.6 Å². The summed E-state index contributed by atoms with van der Waals surface area (Å²) >= 11 is 7.52. The molecule has 3 heterocycles. The molecule has 1 aromatic carbocycles. The molecule has 146 valence electrons. The van der Waals surface area contributed by atoms with Crippen LogP contribution in [0.1, 0.15) is 23.8 Å². The number of carbonyl (C=O) groups excluding carboxylic acids is 2. The van der Waals surface area contributed by atoms with Crippen LogP contribution in [0.4, 0.5) is 0 Å². The molecule has 28 heavy (non-hydrogen) atoms. The Morgan fingerprint density at radius 1 is 1.43 bits per heavy atom. The maximum Gasteiger partial charge on any atom is 0.271 e. The second-order valence-electron chi connectivity index (χ2n) is 7.10. The van der Waals surface area contributed by atoms with E-state index in [1.54, 1.807) is 11.9 Å². The van der Waals surface area contributed by atoms with E-state index >= 15 is 0 Å². The Labute approximate surface area is 172 Å². The molecule has 1 aliphatic heterocycles. The van der Waals surface area contributed by atoms with Crippen LogP contribution in [0.5, 0.6) is 0 Å². The van der Waals surface area contributed by atoms with Crippen molar-refractivity contribution in [2.24, 2.45) is 5.92 Å². The molecule has 4 rings (SSSR count). The molecule has 0 saturated carbocycles. The fourth-order valence-corrected chi connectivity index (χ4v) is 4.71. The highest BCUT2D eigenvalue weighted by Gasteiger charge is 2.30. The first-order valence-electron chi connectivity index (χ1n) is 9.22. The first-order chi connectivity index (χ1) is 13.5. The topological polar surface area (TPSA) is 57.9 Å². The number of hydrogen-bond donors (Lipinski definition) is 0. The van der Waals surface area contributed by atoms with Gasteiger partial charge in [-0.05, 0) is 19.1 Å². The van der Waals surface area contributed by atoms with Crippen molar-refractivity contribution in [1.82, 2.24) is 19.2 Å². The van der Waals surface area contributed by atoms with Gasteiger partial charge in [-0.1, -0.05) is 23.7 Å². The van der Waals surface area contributed by atoms with Gasteiger partial charge in [0, 0.05) is 61.2 Å². The Kier molecular flexibility index (Phi) is 5.12. The Hall–Kier alpha value is -2.38. The minimum absolute atomic E-state index is 0.0660. The third-order valence-electron chi connectivity index (χ3n) is 5.10. The lowest BCUT2D eigenvalue weighted by atomic mass is 10.1. The number of likely N-dealkylation sites (tertiary alicyclic amines) is 1. The van der Waals surface area contributed by atoms with E-state index in [-0.39, 0.29) is 17.7 Å². The van der Waals surface area contributed by atoms with E-state index < -0.39 is 0 Å². The molecular weight excluding hydrogens is 396 g/mol. The summed E-state index contributed by atoms with van der Waals surface area (Å²) in [4.78, 5) is 33.9. The fraction of sp³-hybridized carbons (Fsp3) is 0.350. The van der Waals surface area contributed by atoms with Crippen molar-refractivity contribution < 1.29 is 9.59 Å². The quantitative estimate of drug-likeness (QED) is 0.637. The van der Waals surface area contributed by atoms with Crippen LogP contribution >= 0.6 is 22.9 Å². The average molecular weight is 417 g/mol. The summed E-state index contributed by atoms with van der Waals surface area (Å²) in [7, 11) is 1.79. The van der Waals surface area contributed by atoms with Crippen LogP contribution in [-0.2, 0) is 4.79 Å². The fourth-order valence-electron chi connectivity index (χ4n) is 3.67. The van der Waals surface area contributed by atoms with E-state index in [1.165, 1.54) is 11.3 Å². The van der Waals surface area contributed by atoms with Crippen molar-refractivity contribution in [3.05, 3.63) is 46.6 Å². The number of amides is 2. The molecule has 0 N–H and O–H groups in total. The van der Waals surface area contributed by atoms with E-state index in [0.717, 1.165) is 29.3 Å². The molecule has 1 atom stereocenters. The van der Waals surface area contributed by atoms with Crippen LogP contribution < -0.4 is 0 Å². The molecule has 1 aliphatic rings. The second kappa shape index (κ2) is 7.56. The van der Waals surface area contributed by atoms with Crippen molar-refractivity contribution in [3.8, 4) is 11.3 Å². The van der Waals surface area contributed by atoms with Crippen LogP contribution in [0.25, 0.3) is 16.2 Å². The first kappa shape index (κ1) is 19.0. The predicted molar refractivity (Wildman–Crippen MR) is 111 cm³/mol. The van der Waals surface area contributed by atoms with E-state index in [9.17, 15) is 9.59 Å². The minimum Gasteiger partial charge on any atom is -0.343 e. The predicted octanol–water partition coefficient (Wildman–Crippen LogP) is 3.66. The van der Waals surface area contributed by atoms with Crippen molar-refractivity contribution >= 4 is 39.7 Å². The molecular formula is C20H21ClN4O2S. The van der Waals surface area contributed by atoms with Crippen molar-refractivity contribution in [3.63, 3.8) is 0 Å². The molecule has 6 nitrogen and oxygen atoms in total. The van der Waals surface area contributed by atoms with Crippen LogP contribution in [0.15, 0.2) is 35.8 Å². The number of aromatic nitrogens is 2. The monoisotopic (exact) mass is 416 g/mol. The number of nitrogens with zero attached hydrogens (tertiary/aromatic N) is 4. The number of hydrogen-bond acceptors (Lipinski definition) is 4. The van der Waals surface area contributed by atoms with E-state index in [2.05, 4.69) is 4.98 Å². The highest BCUT2D eigenvalue weighted by Crippen LogP contribution is 2.26. The van der Waals surface area contributed by atoms with Gasteiger partial charge in [-0.3, -0.25) is 14.0 Å². The van der Waals surface area contributed by atoms with Gasteiger partial charge in [0.25, 0.3) is 5.91 Å². The van der Waals surface area contributed by atoms with Gasteiger partial charge in [0.05, 0.1) is 5.69 Å². The zero-order valence-electron chi connectivity index (χ0n) is 15.8. The lowest BCUT2D eigenvalue weighted by molar-refractivity contribution is -0.127. The lowest BCUT2D eigenvalue weighted by Gasteiger charge is -2.21. The van der Waals surface area contributed by atoms with Gasteiger partial charge in [0.15, 0.2) is 4.96 Å². The number of benzene rings is 1. The molecule has 8 heteroatoms. The molecule has 0 spiro atoms. The third kappa shape index (κ3) is 3.52. The number of thiazole rings is 1. The summed E-state index contributed by atoms with van der Waals surface area (Å²) in [5.74, 6) is 0.288. The average Bonchev–Trinajstić information content (AvgIpc) is 3.34. The zero-order chi connectivity index (χ0) is 19.8. The molecule has 1 unspecified atom stereocenters. The van der Waals surface area contributed by atoms with Crippen molar-refractivity contribution in [1.29, 1.82) is 0 Å². The normalized spacial score (nSPS) is 16.9. The van der Waals surface area contributed by atoms with Crippen LogP contribution in [0, 0.1) is 5.92 Å². The molecule has 2 aromatic heterocycles. The van der Waals surface area contributed by atoms with Gasteiger partial charge >= 0.3 is 0 Å². The summed E-state index contributed by atoms with van der Waals surface area (Å²) in [6.45, 7) is 3.98. The molecule has 2 amide bonds. The largest absolute Gasteiger partial charge is 0.343 e. The summed E-state index contributed by atoms with van der Waals surface area (Å²) in [6, 6.07) is 7.51. The number of imidazole rings is 1. The van der Waals surface area contributed by atoms with Crippen LogP contribution in [-0.4, -0.2) is 57.7 Å². The highest BCUT2D eigenvalue weighted by atomic mass is 35.5. The summed E-state index contributed by atoms with van der Waals surface area (Å²) < 4.78 is 1.83. The standard InChI is InChI=1S/C20H21ClN4O2S/c1-3-24-10-13(7-18(24)26)9-23(2)19(27)17-12-28-20-22-16(11-25(17)20)14-5-4-6-15(21)8-14/h4-6,8,11-13H,3,7,9-10H2,1-2H3. The van der Waals surface area contributed by atoms with Gasteiger partial charge in [0.2, 0.25) is 5.91 Å². The van der Waals surface area contributed by atoms with Crippen LogP contribution in [0.3, 0.4) is 0 Å². The van der Waals surface area contributed by atoms with Gasteiger partial charge in [-0.2, -0.15) is 0 Å². The van der Waals surface area contributed by atoms with E-state index in [1.807, 2.05) is 52.1 Å². The Bertz CT molecular complexity index is 1040. The second-order valence-corrected chi connectivity index (χ2v) is 8.37. The SMILES string of the molecule is CCN1CC(CN(C)C(=O)c2csc3nc(-c4cccc(Cl)c4)cn23)CC1=O. The number of rotatable bonds is 5. The molecule has 3 aromatic rings. The smallest absolute Gasteiger partial charge is 0.271 e. The summed E-state index contributed by atoms with van der Waals surface area (Å²) in [5, 5.41) is 2.48. The van der Waals surface area contributed by atoms with Crippen molar-refractivity contribution in [2.45, 2.75) is 13.3 Å². The Morgan fingerprint density at radius 2 is 2.25 bits per heavy atom. The maximum absolute atomic E-state index is 13.0. The summed E-state index contributed by atoms with van der Waals surface area (Å²) in [5.41, 5.74) is 2.28. The number of carbonyl (C=O) groups is 2. The van der Waals surface area contributed by atoms with Gasteiger partial charge in [-0.15, -0.1) is 11.3 Å². The lowest BCUT2D eigenvalue weighted by Crippen LogP contribution is -2.33. The van der Waals surface area contributed by atoms with Crippen LogP contribution in [0.2, 0.25) is 5.02 Å². The maximum atomic E-state index is 13.0. The number of fused-ring (bicyclic) bond motifs is 1. The van der Waals surface area contributed by atoms with Gasteiger partial charge in [-0.25, -0.2) is 4.98 Å². The van der Waals surface area contributed by atoms with E-state index in [0.29, 0.717) is 23.7 Å². The summed E-state index contributed by atoms with van der Waals surface area (Å²) in [6.07, 6.45) is 2.38. The molecule has 0 radical (unpaired) electrons.